The highest BCUT2D eigenvalue weighted by atomic mass is 16.5. The Morgan fingerprint density at radius 1 is 1.03 bits per heavy atom. The average molecular weight is 461 g/mol. The van der Waals surface area contributed by atoms with E-state index in [4.69, 9.17) is 4.74 Å². The van der Waals surface area contributed by atoms with Gasteiger partial charge in [-0.3, -0.25) is 9.59 Å². The number of aliphatic carboxylic acids is 1. The summed E-state index contributed by atoms with van der Waals surface area (Å²) in [6, 6.07) is 16.4. The molecule has 6 rings (SSSR count). The van der Waals surface area contributed by atoms with Crippen molar-refractivity contribution in [1.82, 2.24) is 10.2 Å². The van der Waals surface area contributed by atoms with Crippen LogP contribution in [-0.4, -0.2) is 54.2 Å². The van der Waals surface area contributed by atoms with Gasteiger partial charge in [0.25, 0.3) is 0 Å². The number of carboxylic acid groups (broad SMARTS) is 1. The van der Waals surface area contributed by atoms with E-state index in [1.165, 1.54) is 22.3 Å². The lowest BCUT2D eigenvalue weighted by Gasteiger charge is -2.16. The van der Waals surface area contributed by atoms with Crippen molar-refractivity contribution in [3.63, 3.8) is 0 Å². The highest BCUT2D eigenvalue weighted by molar-refractivity contribution is 5.84. The topological polar surface area (TPSA) is 95.9 Å². The molecule has 2 amide bonds. The largest absolute Gasteiger partial charge is 0.481 e. The number of fused-ring (bicyclic) bond motifs is 3. The van der Waals surface area contributed by atoms with Crippen molar-refractivity contribution in [2.75, 3.05) is 26.2 Å². The van der Waals surface area contributed by atoms with Crippen LogP contribution in [0, 0.1) is 23.2 Å². The monoisotopic (exact) mass is 460 g/mol. The summed E-state index contributed by atoms with van der Waals surface area (Å²) >= 11 is 0. The summed E-state index contributed by atoms with van der Waals surface area (Å²) in [5, 5.41) is 12.3. The Morgan fingerprint density at radius 2 is 1.68 bits per heavy atom. The van der Waals surface area contributed by atoms with E-state index in [9.17, 15) is 19.5 Å². The summed E-state index contributed by atoms with van der Waals surface area (Å²) in [6.07, 6.45) is 2.05. The van der Waals surface area contributed by atoms with Crippen LogP contribution in [0.3, 0.4) is 0 Å². The fraction of sp³-hybridized carbons (Fsp3) is 0.444. The van der Waals surface area contributed by atoms with Crippen LogP contribution in [0.15, 0.2) is 48.5 Å². The van der Waals surface area contributed by atoms with E-state index in [0.717, 1.165) is 19.3 Å². The van der Waals surface area contributed by atoms with Gasteiger partial charge < -0.3 is 20.1 Å². The molecule has 0 bridgehead atoms. The standard InChI is InChI=1S/C27H28N2O5/c30-24(29-13-23(25(31)32)27(15-29)9-10-27)21-11-16(21)12-28-26(33)34-14-22-19-7-3-1-5-17(19)18-6-2-4-8-20(18)22/h1-8,16,21-23H,9-15H2,(H,28,33)(H,31,32)/t16-,21-,23?/m0/s1. The van der Waals surface area contributed by atoms with Gasteiger partial charge in [-0.2, -0.15) is 0 Å². The fourth-order valence-electron chi connectivity index (χ4n) is 6.02. The van der Waals surface area contributed by atoms with E-state index < -0.39 is 18.0 Å². The normalized spacial score (nSPS) is 25.5. The van der Waals surface area contributed by atoms with Crippen LogP contribution in [-0.2, 0) is 14.3 Å². The predicted molar refractivity (Wildman–Crippen MR) is 124 cm³/mol. The van der Waals surface area contributed by atoms with E-state index in [1.54, 1.807) is 4.90 Å². The molecule has 176 valence electrons. The number of carboxylic acids is 1. The molecular formula is C27H28N2O5. The smallest absolute Gasteiger partial charge is 0.407 e. The molecule has 2 aromatic carbocycles. The van der Waals surface area contributed by atoms with Crippen molar-refractivity contribution in [3.05, 3.63) is 59.7 Å². The van der Waals surface area contributed by atoms with Gasteiger partial charge in [0.05, 0.1) is 5.92 Å². The second-order valence-electron chi connectivity index (χ2n) is 10.3. The van der Waals surface area contributed by atoms with Crippen molar-refractivity contribution in [2.45, 2.75) is 25.2 Å². The molecule has 3 atom stereocenters. The first-order chi connectivity index (χ1) is 16.5. The molecule has 2 N–H and O–H groups in total. The Bertz CT molecular complexity index is 1130. The zero-order chi connectivity index (χ0) is 23.4. The first-order valence-corrected chi connectivity index (χ1v) is 12.1. The van der Waals surface area contributed by atoms with Crippen LogP contribution in [0.25, 0.3) is 11.1 Å². The van der Waals surface area contributed by atoms with Gasteiger partial charge >= 0.3 is 12.1 Å². The minimum atomic E-state index is -0.794. The SMILES string of the molecule is O=C(NC[C@@H]1C[C@@H]1C(=O)N1CC(C(=O)O)C2(CC2)C1)OCC1c2ccccc2-c2ccccc21. The van der Waals surface area contributed by atoms with Gasteiger partial charge in [0.15, 0.2) is 0 Å². The third kappa shape index (κ3) is 3.54. The number of rotatable bonds is 6. The Labute approximate surface area is 198 Å². The number of nitrogens with one attached hydrogen (secondary N) is 1. The molecule has 1 spiro atoms. The van der Waals surface area contributed by atoms with Gasteiger partial charge in [-0.15, -0.1) is 0 Å². The minimum Gasteiger partial charge on any atom is -0.481 e. The van der Waals surface area contributed by atoms with Crippen molar-refractivity contribution >= 4 is 18.0 Å². The Hall–Kier alpha value is -3.35. The van der Waals surface area contributed by atoms with Crippen LogP contribution in [0.1, 0.15) is 36.3 Å². The third-order valence-corrected chi connectivity index (χ3v) is 8.24. The number of carbonyl (C=O) groups excluding carboxylic acids is 2. The number of alkyl carbamates (subject to hydrolysis) is 1. The quantitative estimate of drug-likeness (QED) is 0.688. The molecule has 2 aromatic rings. The van der Waals surface area contributed by atoms with Crippen LogP contribution >= 0.6 is 0 Å². The van der Waals surface area contributed by atoms with E-state index >= 15 is 0 Å². The number of ether oxygens (including phenoxy) is 1. The van der Waals surface area contributed by atoms with Crippen LogP contribution < -0.4 is 5.32 Å². The van der Waals surface area contributed by atoms with E-state index in [0.29, 0.717) is 19.6 Å². The number of amides is 2. The van der Waals surface area contributed by atoms with Gasteiger partial charge in [-0.25, -0.2) is 4.79 Å². The first-order valence-electron chi connectivity index (χ1n) is 12.1. The number of hydrogen-bond donors (Lipinski definition) is 2. The van der Waals surface area contributed by atoms with Gasteiger partial charge in [0.2, 0.25) is 5.91 Å². The zero-order valence-corrected chi connectivity index (χ0v) is 18.9. The highest BCUT2D eigenvalue weighted by Gasteiger charge is 2.60. The number of carbonyl (C=O) groups is 3. The molecular weight excluding hydrogens is 432 g/mol. The predicted octanol–water partition coefficient (Wildman–Crippen LogP) is 3.48. The van der Waals surface area contributed by atoms with Gasteiger partial charge in [0, 0.05) is 36.9 Å². The lowest BCUT2D eigenvalue weighted by atomic mass is 9.93. The average Bonchev–Trinajstić information content (AvgIpc) is 3.72. The second kappa shape index (κ2) is 7.86. The maximum absolute atomic E-state index is 12.9. The molecule has 3 fully saturated rings. The number of nitrogens with zero attached hydrogens (tertiary/aromatic N) is 1. The summed E-state index contributed by atoms with van der Waals surface area (Å²) in [7, 11) is 0. The molecule has 1 aliphatic heterocycles. The molecule has 7 nitrogen and oxygen atoms in total. The van der Waals surface area contributed by atoms with Gasteiger partial charge in [-0.1, -0.05) is 48.5 Å². The number of hydrogen-bond acceptors (Lipinski definition) is 4. The van der Waals surface area contributed by atoms with Crippen molar-refractivity contribution in [3.8, 4) is 11.1 Å². The van der Waals surface area contributed by atoms with Crippen LogP contribution in [0.5, 0.6) is 0 Å². The zero-order valence-electron chi connectivity index (χ0n) is 18.9. The Kier molecular flexibility index (Phi) is 4.90. The lowest BCUT2D eigenvalue weighted by Crippen LogP contribution is -2.33. The first kappa shape index (κ1) is 21.2. The Morgan fingerprint density at radius 3 is 2.26 bits per heavy atom. The summed E-state index contributed by atoms with van der Waals surface area (Å²) in [4.78, 5) is 38.6. The molecule has 7 heteroatoms. The molecule has 2 saturated carbocycles. The van der Waals surface area contributed by atoms with Gasteiger partial charge in [-0.05, 0) is 47.4 Å². The maximum Gasteiger partial charge on any atom is 0.407 e. The van der Waals surface area contributed by atoms with Crippen LogP contribution in [0.4, 0.5) is 4.79 Å². The number of benzene rings is 2. The minimum absolute atomic E-state index is 0.0143. The maximum atomic E-state index is 12.9. The van der Waals surface area contributed by atoms with Crippen molar-refractivity contribution in [1.29, 1.82) is 0 Å². The third-order valence-electron chi connectivity index (χ3n) is 8.24. The van der Waals surface area contributed by atoms with E-state index in [2.05, 4.69) is 29.6 Å². The molecule has 0 radical (unpaired) electrons. The highest BCUT2D eigenvalue weighted by Crippen LogP contribution is 2.57. The summed E-state index contributed by atoms with van der Waals surface area (Å²) in [5.74, 6) is -1.22. The molecule has 34 heavy (non-hydrogen) atoms. The van der Waals surface area contributed by atoms with Gasteiger partial charge in [0.1, 0.15) is 6.61 Å². The molecule has 4 aliphatic rings. The lowest BCUT2D eigenvalue weighted by molar-refractivity contribution is -0.143. The van der Waals surface area contributed by atoms with E-state index in [1.807, 2.05) is 24.3 Å². The molecule has 3 aliphatic carbocycles. The summed E-state index contributed by atoms with van der Waals surface area (Å²) < 4.78 is 5.58. The molecule has 1 heterocycles. The molecule has 1 unspecified atom stereocenters. The van der Waals surface area contributed by atoms with E-state index in [-0.39, 0.29) is 35.7 Å². The second-order valence-corrected chi connectivity index (χ2v) is 10.3. The fourth-order valence-corrected chi connectivity index (χ4v) is 6.02. The molecule has 1 saturated heterocycles. The number of likely N-dealkylation sites (tertiary alicyclic amines) is 1. The Balaban J connectivity index is 0.997. The van der Waals surface area contributed by atoms with Crippen LogP contribution in [0.2, 0.25) is 0 Å². The summed E-state index contributed by atoms with van der Waals surface area (Å²) in [5.41, 5.74) is 4.52. The molecule has 0 aromatic heterocycles. The summed E-state index contributed by atoms with van der Waals surface area (Å²) in [6.45, 7) is 1.54. The van der Waals surface area contributed by atoms with Crippen molar-refractivity contribution in [2.24, 2.45) is 23.2 Å². The van der Waals surface area contributed by atoms with Crippen molar-refractivity contribution < 1.29 is 24.2 Å².